The maximum Gasteiger partial charge on any atom is 0.312 e. The van der Waals surface area contributed by atoms with Crippen molar-refractivity contribution in [2.75, 3.05) is 11.9 Å². The van der Waals surface area contributed by atoms with E-state index in [0.29, 0.717) is 6.54 Å². The van der Waals surface area contributed by atoms with Crippen LogP contribution < -0.4 is 5.32 Å². The van der Waals surface area contributed by atoms with Crippen LogP contribution in [0.15, 0.2) is 12.3 Å². The molecule has 0 unspecified atom stereocenters. The first-order valence-corrected chi connectivity index (χ1v) is 4.06. The highest BCUT2D eigenvalue weighted by atomic mass is 35.5. The summed E-state index contributed by atoms with van der Waals surface area (Å²) in [5, 5.41) is 13.5. The zero-order valence-electron chi connectivity index (χ0n) is 6.95. The summed E-state index contributed by atoms with van der Waals surface area (Å²) in [6.45, 7) is 2.41. The summed E-state index contributed by atoms with van der Waals surface area (Å²) in [7, 11) is 0. The number of nitrogens with one attached hydrogen (secondary N) is 1. The molecule has 0 radical (unpaired) electrons. The minimum atomic E-state index is -0.517. The van der Waals surface area contributed by atoms with E-state index in [2.05, 4.69) is 10.3 Å². The zero-order chi connectivity index (χ0) is 9.84. The lowest BCUT2D eigenvalue weighted by Gasteiger charge is -2.02. The standard InChI is InChI=1S/C7H8ClN3O2/c1-2-9-7-6(11(12)13)3-5(8)4-10-7/h3-4H,2H2,1H3,(H,9,10). The van der Waals surface area contributed by atoms with Crippen LogP contribution in [0.1, 0.15) is 6.92 Å². The first-order valence-electron chi connectivity index (χ1n) is 3.69. The van der Waals surface area contributed by atoms with Crippen molar-refractivity contribution in [2.24, 2.45) is 0 Å². The molecule has 5 nitrogen and oxygen atoms in total. The summed E-state index contributed by atoms with van der Waals surface area (Å²) in [4.78, 5) is 13.8. The Kier molecular flexibility index (Phi) is 3.02. The summed E-state index contributed by atoms with van der Waals surface area (Å²) >= 11 is 5.57. The minimum Gasteiger partial charge on any atom is -0.365 e. The number of anilines is 1. The molecule has 0 aromatic carbocycles. The van der Waals surface area contributed by atoms with Gasteiger partial charge in [0, 0.05) is 18.8 Å². The van der Waals surface area contributed by atoms with Gasteiger partial charge >= 0.3 is 5.69 Å². The van der Waals surface area contributed by atoms with Crippen molar-refractivity contribution < 1.29 is 4.92 Å². The van der Waals surface area contributed by atoms with Crippen LogP contribution in [-0.4, -0.2) is 16.5 Å². The van der Waals surface area contributed by atoms with Crippen LogP contribution >= 0.6 is 11.6 Å². The number of pyridine rings is 1. The van der Waals surface area contributed by atoms with Crippen molar-refractivity contribution in [2.45, 2.75) is 6.92 Å². The lowest BCUT2D eigenvalue weighted by atomic mass is 10.4. The van der Waals surface area contributed by atoms with Gasteiger partial charge in [0.15, 0.2) is 0 Å². The van der Waals surface area contributed by atoms with E-state index in [-0.39, 0.29) is 16.5 Å². The van der Waals surface area contributed by atoms with E-state index in [9.17, 15) is 10.1 Å². The molecule has 0 saturated carbocycles. The molecular formula is C7H8ClN3O2. The van der Waals surface area contributed by atoms with Crippen LogP contribution in [0.25, 0.3) is 0 Å². The monoisotopic (exact) mass is 201 g/mol. The summed E-state index contributed by atoms with van der Waals surface area (Å²) in [5.74, 6) is 0.247. The molecule has 13 heavy (non-hydrogen) atoms. The average Bonchev–Trinajstić information content (AvgIpc) is 2.08. The van der Waals surface area contributed by atoms with E-state index in [0.717, 1.165) is 0 Å². The Morgan fingerprint density at radius 3 is 3.00 bits per heavy atom. The smallest absolute Gasteiger partial charge is 0.312 e. The molecule has 6 heteroatoms. The molecule has 0 aliphatic heterocycles. The third-order valence-electron chi connectivity index (χ3n) is 1.38. The van der Waals surface area contributed by atoms with Crippen LogP contribution in [0.2, 0.25) is 5.02 Å². The second kappa shape index (κ2) is 4.04. The molecule has 0 aliphatic carbocycles. The molecule has 70 valence electrons. The van der Waals surface area contributed by atoms with Crippen molar-refractivity contribution in [1.82, 2.24) is 4.98 Å². The van der Waals surface area contributed by atoms with Gasteiger partial charge in [0.1, 0.15) is 0 Å². The molecule has 0 aliphatic rings. The fourth-order valence-corrected chi connectivity index (χ4v) is 1.02. The highest BCUT2D eigenvalue weighted by Crippen LogP contribution is 2.24. The van der Waals surface area contributed by atoms with Crippen LogP contribution in [0.4, 0.5) is 11.5 Å². The molecule has 1 heterocycles. The van der Waals surface area contributed by atoms with Gasteiger partial charge in [-0.2, -0.15) is 0 Å². The molecule has 0 bridgehead atoms. The number of hydrogen-bond acceptors (Lipinski definition) is 4. The molecule has 0 atom stereocenters. The Hall–Kier alpha value is -1.36. The first-order chi connectivity index (χ1) is 6.15. The predicted molar refractivity (Wildman–Crippen MR) is 50.1 cm³/mol. The molecule has 1 N–H and O–H groups in total. The Morgan fingerprint density at radius 1 is 1.77 bits per heavy atom. The maximum atomic E-state index is 10.5. The van der Waals surface area contributed by atoms with E-state index in [1.807, 2.05) is 6.92 Å². The molecule has 0 spiro atoms. The van der Waals surface area contributed by atoms with E-state index in [1.54, 1.807) is 0 Å². The molecule has 0 fully saturated rings. The predicted octanol–water partition coefficient (Wildman–Crippen LogP) is 2.07. The summed E-state index contributed by atoms with van der Waals surface area (Å²) in [6.07, 6.45) is 1.37. The Morgan fingerprint density at radius 2 is 2.46 bits per heavy atom. The summed E-state index contributed by atoms with van der Waals surface area (Å²) < 4.78 is 0. The van der Waals surface area contributed by atoms with Crippen molar-refractivity contribution in [1.29, 1.82) is 0 Å². The van der Waals surface area contributed by atoms with Crippen LogP contribution in [0, 0.1) is 10.1 Å². The van der Waals surface area contributed by atoms with Gasteiger partial charge in [0.25, 0.3) is 0 Å². The Labute approximate surface area is 79.9 Å². The van der Waals surface area contributed by atoms with Crippen molar-refractivity contribution in [3.8, 4) is 0 Å². The molecular weight excluding hydrogens is 194 g/mol. The van der Waals surface area contributed by atoms with E-state index in [4.69, 9.17) is 11.6 Å². The van der Waals surface area contributed by atoms with E-state index >= 15 is 0 Å². The molecule has 1 aromatic heterocycles. The third-order valence-corrected chi connectivity index (χ3v) is 1.58. The van der Waals surface area contributed by atoms with Crippen molar-refractivity contribution >= 4 is 23.1 Å². The average molecular weight is 202 g/mol. The van der Waals surface area contributed by atoms with Gasteiger partial charge in [-0.05, 0) is 6.92 Å². The first kappa shape index (κ1) is 9.73. The fourth-order valence-electron chi connectivity index (χ4n) is 0.871. The van der Waals surface area contributed by atoms with E-state index in [1.165, 1.54) is 12.3 Å². The lowest BCUT2D eigenvalue weighted by molar-refractivity contribution is -0.384. The maximum absolute atomic E-state index is 10.5. The SMILES string of the molecule is CCNc1ncc(Cl)cc1[N+](=O)[O-]. The lowest BCUT2D eigenvalue weighted by Crippen LogP contribution is -2.03. The highest BCUT2D eigenvalue weighted by molar-refractivity contribution is 6.30. The van der Waals surface area contributed by atoms with Crippen LogP contribution in [0.5, 0.6) is 0 Å². The topological polar surface area (TPSA) is 68.1 Å². The second-order valence-electron chi connectivity index (χ2n) is 2.31. The Bertz CT molecular complexity index is 330. The molecule has 0 saturated heterocycles. The number of aromatic nitrogens is 1. The van der Waals surface area contributed by atoms with Gasteiger partial charge in [0.2, 0.25) is 5.82 Å². The fraction of sp³-hybridized carbons (Fsp3) is 0.286. The normalized spacial score (nSPS) is 9.69. The zero-order valence-corrected chi connectivity index (χ0v) is 7.71. The molecule has 1 rings (SSSR count). The summed E-state index contributed by atoms with van der Waals surface area (Å²) in [6, 6.07) is 1.27. The number of nitro groups is 1. The van der Waals surface area contributed by atoms with Crippen LogP contribution in [-0.2, 0) is 0 Å². The molecule has 0 amide bonds. The van der Waals surface area contributed by atoms with Gasteiger partial charge in [-0.3, -0.25) is 10.1 Å². The number of halogens is 1. The quantitative estimate of drug-likeness (QED) is 0.601. The van der Waals surface area contributed by atoms with Crippen molar-refractivity contribution in [3.63, 3.8) is 0 Å². The van der Waals surface area contributed by atoms with Crippen LogP contribution in [0.3, 0.4) is 0 Å². The number of hydrogen-bond donors (Lipinski definition) is 1. The van der Waals surface area contributed by atoms with Gasteiger partial charge in [-0.25, -0.2) is 4.98 Å². The third kappa shape index (κ3) is 2.29. The van der Waals surface area contributed by atoms with Gasteiger partial charge < -0.3 is 5.32 Å². The largest absolute Gasteiger partial charge is 0.365 e. The van der Waals surface area contributed by atoms with Crippen molar-refractivity contribution in [3.05, 3.63) is 27.4 Å². The Balaban J connectivity index is 3.10. The number of nitrogens with zero attached hydrogens (tertiary/aromatic N) is 2. The van der Waals surface area contributed by atoms with Gasteiger partial charge in [-0.15, -0.1) is 0 Å². The van der Waals surface area contributed by atoms with Gasteiger partial charge in [-0.1, -0.05) is 11.6 Å². The van der Waals surface area contributed by atoms with Gasteiger partial charge in [0.05, 0.1) is 9.95 Å². The second-order valence-corrected chi connectivity index (χ2v) is 2.75. The van der Waals surface area contributed by atoms with E-state index < -0.39 is 4.92 Å². The summed E-state index contributed by atoms with van der Waals surface area (Å²) in [5.41, 5.74) is -0.102. The molecule has 1 aromatic rings. The number of rotatable bonds is 3. The minimum absolute atomic E-state index is 0.102. The highest BCUT2D eigenvalue weighted by Gasteiger charge is 2.14.